The molecule has 1 aromatic carbocycles. The van der Waals surface area contributed by atoms with Crippen molar-refractivity contribution >= 4 is 50.7 Å². The highest BCUT2D eigenvalue weighted by Crippen LogP contribution is 2.27. The molecule has 0 aliphatic carbocycles. The Labute approximate surface area is 198 Å². The molecule has 3 aromatic heterocycles. The molecule has 0 aliphatic heterocycles. The summed E-state index contributed by atoms with van der Waals surface area (Å²) in [4.78, 5) is 25.6. The second-order valence-electron chi connectivity index (χ2n) is 7.83. The normalized spacial score (nSPS) is 11.4. The molecule has 3 heterocycles. The first-order valence-electron chi connectivity index (χ1n) is 10.4. The zero-order chi connectivity index (χ0) is 23.5. The highest BCUT2D eigenvalue weighted by Gasteiger charge is 2.19. The van der Waals surface area contributed by atoms with Crippen molar-refractivity contribution in [2.24, 2.45) is 5.92 Å². The van der Waals surface area contributed by atoms with Gasteiger partial charge in [-0.25, -0.2) is 0 Å². The lowest BCUT2D eigenvalue weighted by Crippen LogP contribution is -2.23. The van der Waals surface area contributed by atoms with E-state index in [4.69, 9.17) is 9.47 Å². The molecule has 0 fully saturated rings. The van der Waals surface area contributed by atoms with E-state index in [1.807, 2.05) is 15.8 Å². The van der Waals surface area contributed by atoms with Crippen molar-refractivity contribution in [3.63, 3.8) is 0 Å². The number of carbonyl (C=O) groups excluding carboxylic acids is 1. The molecule has 0 saturated carbocycles. The topological polar surface area (TPSA) is 99.7 Å². The van der Waals surface area contributed by atoms with E-state index in [1.165, 1.54) is 23.1 Å². The van der Waals surface area contributed by atoms with Gasteiger partial charge in [-0.2, -0.15) is 0 Å². The third kappa shape index (κ3) is 4.83. The van der Waals surface area contributed by atoms with Crippen molar-refractivity contribution in [2.45, 2.75) is 32.0 Å². The van der Waals surface area contributed by atoms with Crippen LogP contribution in [0.3, 0.4) is 0 Å². The fourth-order valence-electron chi connectivity index (χ4n) is 3.39. The summed E-state index contributed by atoms with van der Waals surface area (Å²) in [6.45, 7) is 4.80. The molecule has 0 bridgehead atoms. The number of hydrogen-bond donors (Lipinski definition) is 1. The van der Waals surface area contributed by atoms with Gasteiger partial charge in [0.1, 0.15) is 16.2 Å². The van der Waals surface area contributed by atoms with Gasteiger partial charge in [0.2, 0.25) is 11.7 Å². The van der Waals surface area contributed by atoms with Gasteiger partial charge in [-0.1, -0.05) is 25.6 Å². The molecule has 0 radical (unpaired) electrons. The van der Waals surface area contributed by atoms with Gasteiger partial charge in [0.25, 0.3) is 5.56 Å². The number of hydrogen-bond acceptors (Lipinski definition) is 8. The average molecular weight is 488 g/mol. The third-order valence-electron chi connectivity index (χ3n) is 5.08. The minimum absolute atomic E-state index is 0.0539. The number of aromatic nitrogens is 4. The molecule has 0 unspecified atom stereocenters. The standard InChI is InChI=1S/C22H25N5O4S2/c1-13(2)5-7-26-20(29)19-17(6-8-32-19)27-21(26)24-25-22(27)33-12-18(28)23-14-9-15(30-3)11-16(10-14)31-4/h6,8-11,13H,5,7,12H2,1-4H3,(H,23,28). The van der Waals surface area contributed by atoms with Crippen LogP contribution in [0.5, 0.6) is 11.5 Å². The number of amides is 1. The summed E-state index contributed by atoms with van der Waals surface area (Å²) in [7, 11) is 3.11. The molecule has 1 amide bonds. The molecule has 174 valence electrons. The number of thiophene rings is 1. The molecule has 1 N–H and O–H groups in total. The quantitative estimate of drug-likeness (QED) is 0.358. The highest BCUT2D eigenvalue weighted by atomic mass is 32.2. The lowest BCUT2D eigenvalue weighted by molar-refractivity contribution is -0.113. The molecule has 33 heavy (non-hydrogen) atoms. The number of thioether (sulfide) groups is 1. The molecule has 0 spiro atoms. The third-order valence-corrected chi connectivity index (χ3v) is 6.90. The van der Waals surface area contributed by atoms with Crippen molar-refractivity contribution in [3.05, 3.63) is 40.0 Å². The lowest BCUT2D eigenvalue weighted by atomic mass is 10.1. The van der Waals surface area contributed by atoms with Gasteiger partial charge < -0.3 is 14.8 Å². The minimum atomic E-state index is -0.207. The van der Waals surface area contributed by atoms with Crippen LogP contribution >= 0.6 is 23.1 Å². The Hall–Kier alpha value is -3.05. The van der Waals surface area contributed by atoms with Crippen LogP contribution in [0.4, 0.5) is 5.69 Å². The summed E-state index contributed by atoms with van der Waals surface area (Å²) >= 11 is 2.67. The SMILES string of the molecule is COc1cc(NC(=O)CSc2nnc3n(CCC(C)C)c(=O)c4sccc4n23)cc(OC)c1. The van der Waals surface area contributed by atoms with Crippen LogP contribution < -0.4 is 20.3 Å². The van der Waals surface area contributed by atoms with Crippen molar-refractivity contribution in [3.8, 4) is 11.5 Å². The van der Waals surface area contributed by atoms with Gasteiger partial charge in [0.05, 0.1) is 25.5 Å². The number of anilines is 1. The maximum Gasteiger partial charge on any atom is 0.272 e. The first-order valence-corrected chi connectivity index (χ1v) is 12.3. The van der Waals surface area contributed by atoms with Gasteiger partial charge >= 0.3 is 0 Å². The maximum atomic E-state index is 13.0. The molecule has 0 aliphatic rings. The van der Waals surface area contributed by atoms with Gasteiger partial charge in [0.15, 0.2) is 5.16 Å². The van der Waals surface area contributed by atoms with E-state index < -0.39 is 0 Å². The second-order valence-corrected chi connectivity index (χ2v) is 9.69. The fraction of sp³-hybridized carbons (Fsp3) is 0.364. The first-order chi connectivity index (χ1) is 15.9. The number of nitrogens with zero attached hydrogens (tertiary/aromatic N) is 4. The van der Waals surface area contributed by atoms with Crippen molar-refractivity contribution in [2.75, 3.05) is 25.3 Å². The van der Waals surface area contributed by atoms with Crippen LogP contribution in [0.25, 0.3) is 16.0 Å². The van der Waals surface area contributed by atoms with Crippen LogP contribution in [0.2, 0.25) is 0 Å². The van der Waals surface area contributed by atoms with Crippen LogP contribution in [0.1, 0.15) is 20.3 Å². The van der Waals surface area contributed by atoms with Crippen molar-refractivity contribution in [1.29, 1.82) is 0 Å². The zero-order valence-electron chi connectivity index (χ0n) is 18.8. The van der Waals surface area contributed by atoms with Gasteiger partial charge in [-0.15, -0.1) is 21.5 Å². The largest absolute Gasteiger partial charge is 0.497 e. The smallest absolute Gasteiger partial charge is 0.272 e. The Kier molecular flexibility index (Phi) is 6.89. The summed E-state index contributed by atoms with van der Waals surface area (Å²) in [5, 5.41) is 13.9. The molecule has 4 rings (SSSR count). The average Bonchev–Trinajstić information content (AvgIpc) is 3.44. The minimum Gasteiger partial charge on any atom is -0.497 e. The van der Waals surface area contributed by atoms with Crippen molar-refractivity contribution < 1.29 is 14.3 Å². The van der Waals surface area contributed by atoms with Crippen LogP contribution in [-0.4, -0.2) is 45.0 Å². The number of methoxy groups -OCH3 is 2. The summed E-state index contributed by atoms with van der Waals surface area (Å²) < 4.78 is 14.7. The highest BCUT2D eigenvalue weighted by molar-refractivity contribution is 7.99. The molecular weight excluding hydrogens is 462 g/mol. The Morgan fingerprint density at radius 2 is 1.91 bits per heavy atom. The predicted molar refractivity (Wildman–Crippen MR) is 131 cm³/mol. The number of benzene rings is 1. The Balaban J connectivity index is 1.58. The van der Waals surface area contributed by atoms with Crippen molar-refractivity contribution in [1.82, 2.24) is 19.2 Å². The summed E-state index contributed by atoms with van der Waals surface area (Å²) in [6.07, 6.45) is 0.855. The number of fused-ring (bicyclic) bond motifs is 3. The lowest BCUT2D eigenvalue weighted by Gasteiger charge is -2.11. The summed E-state index contributed by atoms with van der Waals surface area (Å²) in [5.41, 5.74) is 1.28. The van der Waals surface area contributed by atoms with E-state index in [1.54, 1.807) is 37.0 Å². The van der Waals surface area contributed by atoms with E-state index >= 15 is 0 Å². The molecule has 0 atom stereocenters. The van der Waals surface area contributed by atoms with Crippen LogP contribution in [-0.2, 0) is 11.3 Å². The first kappa shape index (κ1) is 23.1. The number of aryl methyl sites for hydroxylation is 1. The molecule has 0 saturated heterocycles. The maximum absolute atomic E-state index is 13.0. The number of nitrogens with one attached hydrogen (secondary N) is 1. The van der Waals surface area contributed by atoms with E-state index in [0.29, 0.717) is 45.3 Å². The van der Waals surface area contributed by atoms with E-state index in [0.717, 1.165) is 11.9 Å². The number of ether oxygens (including phenoxy) is 2. The van der Waals surface area contributed by atoms with Gasteiger partial charge in [0, 0.05) is 30.4 Å². The zero-order valence-corrected chi connectivity index (χ0v) is 20.5. The van der Waals surface area contributed by atoms with Gasteiger partial charge in [-0.05, 0) is 23.8 Å². The summed E-state index contributed by atoms with van der Waals surface area (Å²) in [6, 6.07) is 7.06. The Morgan fingerprint density at radius 1 is 1.18 bits per heavy atom. The van der Waals surface area contributed by atoms with E-state index in [2.05, 4.69) is 29.4 Å². The fourth-order valence-corrected chi connectivity index (χ4v) is 4.95. The van der Waals surface area contributed by atoms with E-state index in [-0.39, 0.29) is 17.2 Å². The second kappa shape index (κ2) is 9.84. The van der Waals surface area contributed by atoms with E-state index in [9.17, 15) is 9.59 Å². The predicted octanol–water partition coefficient (Wildman–Crippen LogP) is 3.90. The monoisotopic (exact) mass is 487 g/mol. The molecular formula is C22H25N5O4S2. The number of rotatable bonds is 9. The van der Waals surface area contributed by atoms with Gasteiger partial charge in [-0.3, -0.25) is 18.6 Å². The Morgan fingerprint density at radius 3 is 2.58 bits per heavy atom. The van der Waals surface area contributed by atoms with Crippen LogP contribution in [0, 0.1) is 5.92 Å². The number of carbonyl (C=O) groups is 1. The molecule has 9 nitrogen and oxygen atoms in total. The summed E-state index contributed by atoms with van der Waals surface area (Å²) in [5.74, 6) is 2.03. The Bertz CT molecular complexity index is 1340. The molecule has 4 aromatic rings. The molecule has 11 heteroatoms. The van der Waals surface area contributed by atoms with Crippen LogP contribution in [0.15, 0.2) is 39.6 Å².